The van der Waals surface area contributed by atoms with E-state index in [2.05, 4.69) is 45.9 Å². The predicted octanol–water partition coefficient (Wildman–Crippen LogP) is 5.47. The van der Waals surface area contributed by atoms with Crippen LogP contribution in [0.2, 0.25) is 0 Å². The number of ketones is 1. The van der Waals surface area contributed by atoms with Crippen molar-refractivity contribution in [3.8, 4) is 0 Å². The van der Waals surface area contributed by atoms with Crippen LogP contribution in [0.3, 0.4) is 0 Å². The Morgan fingerprint density at radius 3 is 2.51 bits per heavy atom. The number of anilines is 3. The molecule has 3 aromatic rings. The lowest BCUT2D eigenvalue weighted by Crippen LogP contribution is -2.26. The zero-order valence-electron chi connectivity index (χ0n) is 20.5. The fourth-order valence-corrected chi connectivity index (χ4v) is 5.72. The van der Waals surface area contributed by atoms with E-state index in [1.165, 1.54) is 11.3 Å². The van der Waals surface area contributed by atoms with Crippen LogP contribution in [-0.4, -0.2) is 30.7 Å². The van der Waals surface area contributed by atoms with Gasteiger partial charge in [0.25, 0.3) is 0 Å². The minimum absolute atomic E-state index is 0.0739. The molecule has 0 aromatic carbocycles. The quantitative estimate of drug-likeness (QED) is 0.442. The number of ether oxygens (including phenoxy) is 1. The van der Waals surface area contributed by atoms with E-state index in [9.17, 15) is 4.79 Å². The molecule has 0 spiro atoms. The van der Waals surface area contributed by atoms with Crippen LogP contribution in [0.1, 0.15) is 48.5 Å². The lowest BCUT2D eigenvalue weighted by Gasteiger charge is -2.29. The highest BCUT2D eigenvalue weighted by atomic mass is 32.1. The van der Waals surface area contributed by atoms with E-state index in [0.717, 1.165) is 46.2 Å². The molecule has 2 aliphatic carbocycles. The average Bonchev–Trinajstić information content (AvgIpc) is 3.34. The second-order valence-electron chi connectivity index (χ2n) is 9.78. The second kappa shape index (κ2) is 9.36. The lowest BCUT2D eigenvalue weighted by molar-refractivity contribution is 0.0916. The van der Waals surface area contributed by atoms with Gasteiger partial charge in [0, 0.05) is 43.0 Å². The molecule has 0 atom stereocenters. The van der Waals surface area contributed by atoms with Gasteiger partial charge in [-0.25, -0.2) is 15.0 Å². The van der Waals surface area contributed by atoms with E-state index < -0.39 is 0 Å². The third-order valence-electron chi connectivity index (χ3n) is 6.36. The molecule has 0 amide bonds. The zero-order chi connectivity index (χ0) is 25.4. The first-order chi connectivity index (χ1) is 18.0. The molecule has 37 heavy (non-hydrogen) atoms. The predicted molar refractivity (Wildman–Crippen MR) is 141 cm³/mol. The van der Waals surface area contributed by atoms with Crippen molar-refractivity contribution in [2.75, 3.05) is 9.80 Å². The van der Waals surface area contributed by atoms with Crippen molar-refractivity contribution >= 4 is 33.9 Å². The van der Waals surface area contributed by atoms with E-state index >= 15 is 0 Å². The highest BCUT2D eigenvalue weighted by Crippen LogP contribution is 2.41. The molecule has 0 saturated carbocycles. The van der Waals surface area contributed by atoms with Gasteiger partial charge in [-0.3, -0.25) is 24.6 Å². The lowest BCUT2D eigenvalue weighted by atomic mass is 9.78. The van der Waals surface area contributed by atoms with Crippen LogP contribution < -0.4 is 9.80 Å². The Kier molecular flexibility index (Phi) is 5.88. The van der Waals surface area contributed by atoms with Gasteiger partial charge in [0.2, 0.25) is 0 Å². The zero-order valence-corrected chi connectivity index (χ0v) is 21.4. The number of fused-ring (bicyclic) bond motifs is 1. The Morgan fingerprint density at radius 2 is 1.81 bits per heavy atom. The molecular formula is C27H25N7O2S. The van der Waals surface area contributed by atoms with Crippen molar-refractivity contribution in [1.82, 2.24) is 24.9 Å². The molecule has 0 radical (unpaired) electrons. The summed E-state index contributed by atoms with van der Waals surface area (Å²) in [5.74, 6) is 2.11. The minimum Gasteiger partial charge on any atom is -0.462 e. The molecule has 6 rings (SSSR count). The maximum Gasteiger partial charge on any atom is 0.194 e. The second-order valence-corrected chi connectivity index (χ2v) is 10.8. The number of allylic oxidation sites excluding steroid dienone is 3. The van der Waals surface area contributed by atoms with Crippen molar-refractivity contribution in [3.05, 3.63) is 95.6 Å². The van der Waals surface area contributed by atoms with E-state index in [1.807, 2.05) is 22.2 Å². The summed E-state index contributed by atoms with van der Waals surface area (Å²) in [5, 5.41) is 0.751. The first-order valence-corrected chi connectivity index (χ1v) is 12.9. The normalized spacial score (nSPS) is 18.4. The third kappa shape index (κ3) is 4.55. The summed E-state index contributed by atoms with van der Waals surface area (Å²) in [7, 11) is 0. The summed E-state index contributed by atoms with van der Waals surface area (Å²) in [6, 6.07) is 0. The third-order valence-corrected chi connectivity index (χ3v) is 7.51. The molecule has 1 aliphatic heterocycles. The maximum absolute atomic E-state index is 12.7. The number of hydrogen-bond donors (Lipinski definition) is 0. The first-order valence-electron chi connectivity index (χ1n) is 12.1. The molecular weight excluding hydrogens is 486 g/mol. The fourth-order valence-electron chi connectivity index (χ4n) is 4.74. The van der Waals surface area contributed by atoms with Crippen molar-refractivity contribution in [1.29, 1.82) is 0 Å². The van der Waals surface area contributed by atoms with E-state index in [1.54, 1.807) is 43.4 Å². The molecule has 4 heterocycles. The van der Waals surface area contributed by atoms with Gasteiger partial charge in [-0.15, -0.1) is 0 Å². The van der Waals surface area contributed by atoms with Gasteiger partial charge in [0.15, 0.2) is 22.6 Å². The van der Waals surface area contributed by atoms with Gasteiger partial charge in [0.05, 0.1) is 34.9 Å². The Hall–Kier alpha value is -4.18. The van der Waals surface area contributed by atoms with Crippen LogP contribution in [0.5, 0.6) is 0 Å². The van der Waals surface area contributed by atoms with Gasteiger partial charge in [0.1, 0.15) is 12.0 Å². The number of hydrogen-bond acceptors (Lipinski definition) is 10. The maximum atomic E-state index is 12.7. The van der Waals surface area contributed by atoms with Gasteiger partial charge < -0.3 is 4.74 Å². The minimum atomic E-state index is -0.0739. The topological polar surface area (TPSA) is 97.2 Å². The standard InChI is InChI=1S/C27H25N7O2S/c1-27(2)13-19-25(21(35)14-27)37-26(32-19)33-11-12-36-22(17-33)18-5-3-4-6-20(18)34(23-15-28-7-9-30-23)24-16-29-8-10-31-24/h4,6-12,15-17H,3,5,13-14H2,1-2H3. The van der Waals surface area contributed by atoms with Crippen LogP contribution in [0.15, 0.2) is 85.0 Å². The van der Waals surface area contributed by atoms with Crippen LogP contribution in [0.4, 0.5) is 16.8 Å². The van der Waals surface area contributed by atoms with Gasteiger partial charge in [-0.2, -0.15) is 0 Å². The molecule has 0 saturated heterocycles. The number of thiazole rings is 1. The number of carbonyl (C=O) groups is 1. The van der Waals surface area contributed by atoms with Crippen molar-refractivity contribution in [2.24, 2.45) is 5.41 Å². The number of Topliss-reactive ketones (excluding diaryl/α,β-unsaturated/α-hetero) is 1. The Balaban J connectivity index is 1.41. The first kappa shape index (κ1) is 23.2. The Morgan fingerprint density at radius 1 is 1.05 bits per heavy atom. The average molecular weight is 512 g/mol. The SMILES string of the molecule is CC1(C)CC(=O)c2sc(N3C=COC(C4=C(N(c5cnccn5)c5cnccn5)C=CCC4)=C3)nc2C1. The summed E-state index contributed by atoms with van der Waals surface area (Å²) in [5.41, 5.74) is 2.68. The number of carbonyl (C=O) groups excluding carboxylic acids is 1. The number of nitrogens with zero attached hydrogens (tertiary/aromatic N) is 7. The molecule has 3 aromatic heterocycles. The molecule has 0 N–H and O–H groups in total. The van der Waals surface area contributed by atoms with E-state index in [-0.39, 0.29) is 11.2 Å². The number of aromatic nitrogens is 5. The van der Waals surface area contributed by atoms with E-state index in [4.69, 9.17) is 9.72 Å². The Labute approximate surface area is 218 Å². The van der Waals surface area contributed by atoms with Crippen LogP contribution in [-0.2, 0) is 11.2 Å². The largest absolute Gasteiger partial charge is 0.462 e. The van der Waals surface area contributed by atoms with Crippen molar-refractivity contribution in [3.63, 3.8) is 0 Å². The summed E-state index contributed by atoms with van der Waals surface area (Å²) in [4.78, 5) is 39.8. The van der Waals surface area contributed by atoms with Crippen LogP contribution in [0, 0.1) is 5.41 Å². The highest BCUT2D eigenvalue weighted by molar-refractivity contribution is 7.17. The summed E-state index contributed by atoms with van der Waals surface area (Å²) in [6.07, 6.45) is 22.5. The van der Waals surface area contributed by atoms with Crippen LogP contribution in [0.25, 0.3) is 0 Å². The van der Waals surface area contributed by atoms with Crippen LogP contribution >= 0.6 is 11.3 Å². The monoisotopic (exact) mass is 511 g/mol. The summed E-state index contributed by atoms with van der Waals surface area (Å²) >= 11 is 1.44. The van der Waals surface area contributed by atoms with Crippen molar-refractivity contribution in [2.45, 2.75) is 39.5 Å². The van der Waals surface area contributed by atoms with E-state index in [0.29, 0.717) is 23.8 Å². The molecule has 0 bridgehead atoms. The van der Waals surface area contributed by atoms with Gasteiger partial charge >= 0.3 is 0 Å². The summed E-state index contributed by atoms with van der Waals surface area (Å²) < 4.78 is 6.04. The molecule has 0 fully saturated rings. The smallest absolute Gasteiger partial charge is 0.194 e. The van der Waals surface area contributed by atoms with Gasteiger partial charge in [-0.05, 0) is 30.8 Å². The fraction of sp³-hybridized carbons (Fsp3) is 0.259. The van der Waals surface area contributed by atoms with Gasteiger partial charge in [-0.1, -0.05) is 31.3 Å². The highest BCUT2D eigenvalue weighted by Gasteiger charge is 2.35. The molecule has 3 aliphatic rings. The van der Waals surface area contributed by atoms with Crippen molar-refractivity contribution < 1.29 is 9.53 Å². The molecule has 10 heteroatoms. The summed E-state index contributed by atoms with van der Waals surface area (Å²) in [6.45, 7) is 4.23. The molecule has 0 unspecified atom stereocenters. The molecule has 9 nitrogen and oxygen atoms in total. The number of rotatable bonds is 5. The molecule has 186 valence electrons. The Bertz CT molecular complexity index is 1420.